The molecule has 0 aliphatic rings. The Morgan fingerprint density at radius 3 is 2.58 bits per heavy atom. The van der Waals surface area contributed by atoms with Crippen LogP contribution < -0.4 is 0 Å². The first-order valence-corrected chi connectivity index (χ1v) is 4.85. The van der Waals surface area contributed by atoms with Crippen molar-refractivity contribution in [3.05, 3.63) is 33.3 Å². The predicted molar refractivity (Wildman–Crippen MR) is 56.5 cm³/mol. The normalized spacial score (nSPS) is 10.8. The number of hydrogen-bond acceptors (Lipinski definition) is 1. The third-order valence-corrected chi connectivity index (χ3v) is 2.47. The molecule has 0 aliphatic heterocycles. The van der Waals surface area contributed by atoms with Crippen molar-refractivity contribution in [3.8, 4) is 0 Å². The van der Waals surface area contributed by atoms with Gasteiger partial charge in [0, 0.05) is 16.0 Å². The van der Waals surface area contributed by atoms with E-state index in [0.717, 1.165) is 16.0 Å². The molecule has 0 N–H and O–H groups in total. The second-order valence-corrected chi connectivity index (χ2v) is 4.26. The average molecular weight is 249 g/mol. The van der Waals surface area contributed by atoms with E-state index in [-0.39, 0.29) is 0 Å². The SMILES string of the molecule is CN(C)Cc1ccc(Cl)cc1Br. The van der Waals surface area contributed by atoms with E-state index in [0.29, 0.717) is 0 Å². The Kier molecular flexibility index (Phi) is 3.56. The largest absolute Gasteiger partial charge is 0.305 e. The van der Waals surface area contributed by atoms with Crippen LogP contribution in [0.15, 0.2) is 22.7 Å². The van der Waals surface area contributed by atoms with Gasteiger partial charge in [-0.15, -0.1) is 0 Å². The second-order valence-electron chi connectivity index (χ2n) is 2.97. The van der Waals surface area contributed by atoms with Gasteiger partial charge in [-0.2, -0.15) is 0 Å². The molecule has 12 heavy (non-hydrogen) atoms. The fourth-order valence-electron chi connectivity index (χ4n) is 0.991. The lowest BCUT2D eigenvalue weighted by atomic mass is 10.2. The zero-order chi connectivity index (χ0) is 9.14. The molecule has 1 aromatic rings. The molecule has 0 heterocycles. The van der Waals surface area contributed by atoms with Crippen molar-refractivity contribution in [2.45, 2.75) is 6.54 Å². The molecule has 66 valence electrons. The van der Waals surface area contributed by atoms with Crippen LogP contribution in [0.5, 0.6) is 0 Å². The number of nitrogens with zero attached hydrogens (tertiary/aromatic N) is 1. The van der Waals surface area contributed by atoms with Gasteiger partial charge >= 0.3 is 0 Å². The number of hydrogen-bond donors (Lipinski definition) is 0. The van der Waals surface area contributed by atoms with Crippen molar-refractivity contribution < 1.29 is 0 Å². The maximum absolute atomic E-state index is 5.81. The fourth-order valence-corrected chi connectivity index (χ4v) is 1.80. The second kappa shape index (κ2) is 4.26. The minimum Gasteiger partial charge on any atom is -0.305 e. The van der Waals surface area contributed by atoms with Crippen molar-refractivity contribution in [3.63, 3.8) is 0 Å². The van der Waals surface area contributed by atoms with Gasteiger partial charge in [0.2, 0.25) is 0 Å². The molecule has 1 rings (SSSR count). The van der Waals surface area contributed by atoms with Crippen molar-refractivity contribution in [2.75, 3.05) is 14.1 Å². The zero-order valence-electron chi connectivity index (χ0n) is 7.14. The van der Waals surface area contributed by atoms with Crippen LogP contribution in [0.3, 0.4) is 0 Å². The summed E-state index contributed by atoms with van der Waals surface area (Å²) in [6, 6.07) is 5.86. The average Bonchev–Trinajstić information content (AvgIpc) is 1.94. The van der Waals surface area contributed by atoms with Crippen LogP contribution in [0.2, 0.25) is 5.02 Å². The molecule has 0 saturated heterocycles. The van der Waals surface area contributed by atoms with Crippen LogP contribution in [-0.4, -0.2) is 19.0 Å². The Bertz CT molecular complexity index is 273. The van der Waals surface area contributed by atoms with E-state index < -0.39 is 0 Å². The van der Waals surface area contributed by atoms with Gasteiger partial charge in [0.05, 0.1) is 0 Å². The van der Waals surface area contributed by atoms with Crippen LogP contribution in [0.4, 0.5) is 0 Å². The third kappa shape index (κ3) is 2.77. The lowest BCUT2D eigenvalue weighted by molar-refractivity contribution is 0.401. The van der Waals surface area contributed by atoms with E-state index in [4.69, 9.17) is 11.6 Å². The standard InChI is InChI=1S/C9H11BrClN/c1-12(2)6-7-3-4-8(11)5-9(7)10/h3-5H,6H2,1-2H3. The van der Waals surface area contributed by atoms with Crippen molar-refractivity contribution >= 4 is 27.5 Å². The summed E-state index contributed by atoms with van der Waals surface area (Å²) in [5.74, 6) is 0. The highest BCUT2D eigenvalue weighted by molar-refractivity contribution is 9.10. The molecule has 0 unspecified atom stereocenters. The van der Waals surface area contributed by atoms with Crippen molar-refractivity contribution in [1.82, 2.24) is 4.90 Å². The van der Waals surface area contributed by atoms with Crippen LogP contribution >= 0.6 is 27.5 Å². The first-order valence-electron chi connectivity index (χ1n) is 3.68. The Hall–Kier alpha value is -0.0500. The Morgan fingerprint density at radius 1 is 1.42 bits per heavy atom. The van der Waals surface area contributed by atoms with E-state index in [9.17, 15) is 0 Å². The lowest BCUT2D eigenvalue weighted by Gasteiger charge is -2.11. The lowest BCUT2D eigenvalue weighted by Crippen LogP contribution is -2.10. The quantitative estimate of drug-likeness (QED) is 0.777. The van der Waals surface area contributed by atoms with Gasteiger partial charge in [-0.3, -0.25) is 0 Å². The summed E-state index contributed by atoms with van der Waals surface area (Å²) in [5.41, 5.74) is 1.25. The number of rotatable bonds is 2. The van der Waals surface area contributed by atoms with Gasteiger partial charge in [-0.1, -0.05) is 33.6 Å². The summed E-state index contributed by atoms with van der Waals surface area (Å²) in [6.45, 7) is 0.928. The summed E-state index contributed by atoms with van der Waals surface area (Å²) >= 11 is 9.27. The maximum atomic E-state index is 5.81. The van der Waals surface area contributed by atoms with Crippen molar-refractivity contribution in [2.24, 2.45) is 0 Å². The highest BCUT2D eigenvalue weighted by atomic mass is 79.9. The highest BCUT2D eigenvalue weighted by Crippen LogP contribution is 2.22. The molecular formula is C9H11BrClN. The van der Waals surface area contributed by atoms with Gasteiger partial charge in [0.15, 0.2) is 0 Å². The van der Waals surface area contributed by atoms with Crippen molar-refractivity contribution in [1.29, 1.82) is 0 Å². The first-order chi connectivity index (χ1) is 5.59. The molecule has 0 fully saturated rings. The smallest absolute Gasteiger partial charge is 0.0417 e. The van der Waals surface area contributed by atoms with Crippen LogP contribution in [0.1, 0.15) is 5.56 Å². The molecule has 0 aromatic heterocycles. The first kappa shape index (κ1) is 10.0. The molecule has 1 aromatic carbocycles. The predicted octanol–water partition coefficient (Wildman–Crippen LogP) is 3.16. The summed E-state index contributed by atoms with van der Waals surface area (Å²) in [7, 11) is 4.09. The van der Waals surface area contributed by atoms with Gasteiger partial charge < -0.3 is 4.90 Å². The molecular weight excluding hydrogens is 237 g/mol. The van der Waals surface area contributed by atoms with E-state index in [1.54, 1.807) is 0 Å². The Labute approximate surface area is 86.5 Å². The molecule has 1 nitrogen and oxygen atoms in total. The molecule has 3 heteroatoms. The minimum atomic E-state index is 0.768. The van der Waals surface area contributed by atoms with Crippen LogP contribution in [-0.2, 0) is 6.54 Å². The van der Waals surface area contributed by atoms with E-state index in [2.05, 4.69) is 20.8 Å². The van der Waals surface area contributed by atoms with Gasteiger partial charge in [0.25, 0.3) is 0 Å². The molecule has 0 amide bonds. The van der Waals surface area contributed by atoms with Crippen LogP contribution in [0, 0.1) is 0 Å². The highest BCUT2D eigenvalue weighted by Gasteiger charge is 2.00. The molecule has 0 bridgehead atoms. The third-order valence-electron chi connectivity index (χ3n) is 1.50. The summed E-state index contributed by atoms with van der Waals surface area (Å²) in [5, 5.41) is 0.768. The number of halogens is 2. The maximum Gasteiger partial charge on any atom is 0.0417 e. The Morgan fingerprint density at radius 2 is 2.08 bits per heavy atom. The van der Waals surface area contributed by atoms with E-state index in [1.165, 1.54) is 5.56 Å². The van der Waals surface area contributed by atoms with E-state index >= 15 is 0 Å². The summed E-state index contributed by atoms with van der Waals surface area (Å²) < 4.78 is 1.07. The summed E-state index contributed by atoms with van der Waals surface area (Å²) in [6.07, 6.45) is 0. The van der Waals surface area contributed by atoms with Gasteiger partial charge in [0.1, 0.15) is 0 Å². The fraction of sp³-hybridized carbons (Fsp3) is 0.333. The Balaban J connectivity index is 2.86. The number of benzene rings is 1. The zero-order valence-corrected chi connectivity index (χ0v) is 9.48. The van der Waals surface area contributed by atoms with Gasteiger partial charge in [-0.25, -0.2) is 0 Å². The molecule has 0 saturated carbocycles. The van der Waals surface area contributed by atoms with Gasteiger partial charge in [-0.05, 0) is 31.8 Å². The van der Waals surface area contributed by atoms with Crippen LogP contribution in [0.25, 0.3) is 0 Å². The molecule has 0 radical (unpaired) electrons. The molecule has 0 spiro atoms. The van der Waals surface area contributed by atoms with E-state index in [1.807, 2.05) is 32.3 Å². The minimum absolute atomic E-state index is 0.768. The topological polar surface area (TPSA) is 3.24 Å². The molecule has 0 aliphatic carbocycles. The summed E-state index contributed by atoms with van der Waals surface area (Å²) in [4.78, 5) is 2.12. The molecule has 0 atom stereocenters. The monoisotopic (exact) mass is 247 g/mol.